The molecule has 23 heavy (non-hydrogen) atoms. The van der Waals surface area contributed by atoms with E-state index < -0.39 is 0 Å². The SMILES string of the molecule is Cc1cccc(NC(=O)NCc2ccnc(-c3ccco3)c2)c1. The molecule has 0 radical (unpaired) electrons. The second-order valence-electron chi connectivity index (χ2n) is 5.20. The quantitative estimate of drug-likeness (QED) is 0.766. The van der Waals surface area contributed by atoms with Crippen molar-refractivity contribution in [2.75, 3.05) is 5.32 Å². The monoisotopic (exact) mass is 307 g/mol. The van der Waals surface area contributed by atoms with Crippen LogP contribution in [0.15, 0.2) is 65.4 Å². The predicted octanol–water partition coefficient (Wildman–Crippen LogP) is 3.97. The van der Waals surface area contributed by atoms with Crippen molar-refractivity contribution in [1.82, 2.24) is 10.3 Å². The lowest BCUT2D eigenvalue weighted by Crippen LogP contribution is -2.28. The van der Waals surface area contributed by atoms with Crippen molar-refractivity contribution in [3.8, 4) is 11.5 Å². The molecule has 0 aliphatic rings. The first-order chi connectivity index (χ1) is 11.2. The maximum Gasteiger partial charge on any atom is 0.319 e. The van der Waals surface area contributed by atoms with E-state index in [0.29, 0.717) is 12.3 Å². The smallest absolute Gasteiger partial charge is 0.319 e. The summed E-state index contributed by atoms with van der Waals surface area (Å²) >= 11 is 0. The summed E-state index contributed by atoms with van der Waals surface area (Å²) in [6, 6.07) is 14.8. The molecule has 0 fully saturated rings. The molecule has 1 aromatic carbocycles. The summed E-state index contributed by atoms with van der Waals surface area (Å²) in [6.07, 6.45) is 3.31. The Labute approximate surface area is 134 Å². The lowest BCUT2D eigenvalue weighted by Gasteiger charge is -2.08. The number of carbonyl (C=O) groups excluding carboxylic acids is 1. The van der Waals surface area contributed by atoms with E-state index in [1.807, 2.05) is 55.5 Å². The van der Waals surface area contributed by atoms with E-state index in [2.05, 4.69) is 15.6 Å². The van der Waals surface area contributed by atoms with Crippen LogP contribution in [0.4, 0.5) is 10.5 Å². The molecule has 3 rings (SSSR count). The molecule has 0 aliphatic carbocycles. The zero-order valence-electron chi connectivity index (χ0n) is 12.7. The van der Waals surface area contributed by atoms with Gasteiger partial charge in [-0.15, -0.1) is 0 Å². The van der Waals surface area contributed by atoms with Crippen LogP contribution in [0.5, 0.6) is 0 Å². The second kappa shape index (κ2) is 6.79. The van der Waals surface area contributed by atoms with Gasteiger partial charge in [-0.3, -0.25) is 4.98 Å². The number of aryl methyl sites for hydroxylation is 1. The maximum atomic E-state index is 12.0. The number of hydrogen-bond donors (Lipinski definition) is 2. The molecule has 116 valence electrons. The fraction of sp³-hybridized carbons (Fsp3) is 0.111. The van der Waals surface area contributed by atoms with Gasteiger partial charge in [0.25, 0.3) is 0 Å². The Morgan fingerprint density at radius 2 is 2.09 bits per heavy atom. The van der Waals surface area contributed by atoms with Gasteiger partial charge in [0.1, 0.15) is 5.69 Å². The minimum Gasteiger partial charge on any atom is -0.463 e. The Hall–Kier alpha value is -3.08. The molecule has 2 N–H and O–H groups in total. The third-order valence-corrected chi connectivity index (χ3v) is 3.33. The summed E-state index contributed by atoms with van der Waals surface area (Å²) in [6.45, 7) is 2.39. The number of hydrogen-bond acceptors (Lipinski definition) is 3. The molecule has 5 heteroatoms. The number of aromatic nitrogens is 1. The van der Waals surface area contributed by atoms with Crippen LogP contribution in [0.2, 0.25) is 0 Å². The number of amides is 2. The van der Waals surface area contributed by atoms with Crippen LogP contribution in [0.25, 0.3) is 11.5 Å². The van der Waals surface area contributed by atoms with Gasteiger partial charge in [-0.1, -0.05) is 12.1 Å². The summed E-state index contributed by atoms with van der Waals surface area (Å²) in [4.78, 5) is 16.2. The number of pyridine rings is 1. The number of carbonyl (C=O) groups is 1. The Morgan fingerprint density at radius 3 is 2.87 bits per heavy atom. The highest BCUT2D eigenvalue weighted by molar-refractivity contribution is 5.89. The Bertz CT molecular complexity index is 798. The number of urea groups is 1. The van der Waals surface area contributed by atoms with Gasteiger partial charge in [0, 0.05) is 18.4 Å². The third kappa shape index (κ3) is 3.97. The van der Waals surface area contributed by atoms with Gasteiger partial charge >= 0.3 is 6.03 Å². The number of anilines is 1. The lowest BCUT2D eigenvalue weighted by molar-refractivity contribution is 0.251. The molecule has 2 heterocycles. The molecule has 0 atom stereocenters. The lowest BCUT2D eigenvalue weighted by atomic mass is 10.2. The topological polar surface area (TPSA) is 67.2 Å². The highest BCUT2D eigenvalue weighted by Gasteiger charge is 2.05. The van der Waals surface area contributed by atoms with Crippen molar-refractivity contribution in [1.29, 1.82) is 0 Å². The minimum atomic E-state index is -0.244. The molecule has 0 spiro atoms. The number of nitrogens with zero attached hydrogens (tertiary/aromatic N) is 1. The van der Waals surface area contributed by atoms with Gasteiger partial charge in [-0.05, 0) is 54.4 Å². The Balaban J connectivity index is 1.60. The van der Waals surface area contributed by atoms with Gasteiger partial charge in [-0.25, -0.2) is 4.79 Å². The molecule has 0 saturated heterocycles. The van der Waals surface area contributed by atoms with E-state index in [1.165, 1.54) is 0 Å². The van der Waals surface area contributed by atoms with Gasteiger partial charge in [0.05, 0.1) is 6.26 Å². The van der Waals surface area contributed by atoms with Crippen LogP contribution in [0.1, 0.15) is 11.1 Å². The fourth-order valence-electron chi connectivity index (χ4n) is 2.22. The van der Waals surface area contributed by atoms with E-state index in [0.717, 1.165) is 22.5 Å². The number of furan rings is 1. The zero-order chi connectivity index (χ0) is 16.1. The van der Waals surface area contributed by atoms with E-state index in [1.54, 1.807) is 12.5 Å². The fourth-order valence-corrected chi connectivity index (χ4v) is 2.22. The number of benzene rings is 1. The molecule has 5 nitrogen and oxygen atoms in total. The number of nitrogens with one attached hydrogen (secondary N) is 2. The molecule has 0 unspecified atom stereocenters. The zero-order valence-corrected chi connectivity index (χ0v) is 12.7. The average Bonchev–Trinajstić information content (AvgIpc) is 3.08. The molecular formula is C18H17N3O2. The van der Waals surface area contributed by atoms with Gasteiger partial charge in [0.15, 0.2) is 5.76 Å². The normalized spacial score (nSPS) is 10.3. The van der Waals surface area contributed by atoms with Crippen molar-refractivity contribution in [2.45, 2.75) is 13.5 Å². The van der Waals surface area contributed by atoms with E-state index >= 15 is 0 Å². The third-order valence-electron chi connectivity index (χ3n) is 3.33. The van der Waals surface area contributed by atoms with Crippen molar-refractivity contribution >= 4 is 11.7 Å². The van der Waals surface area contributed by atoms with Crippen LogP contribution >= 0.6 is 0 Å². The Kier molecular flexibility index (Phi) is 4.38. The van der Waals surface area contributed by atoms with E-state index in [9.17, 15) is 4.79 Å². The van der Waals surface area contributed by atoms with Crippen molar-refractivity contribution in [2.24, 2.45) is 0 Å². The summed E-state index contributed by atoms with van der Waals surface area (Å²) in [5.74, 6) is 0.705. The highest BCUT2D eigenvalue weighted by Crippen LogP contribution is 2.18. The van der Waals surface area contributed by atoms with Gasteiger partial charge < -0.3 is 15.1 Å². The summed E-state index contributed by atoms with van der Waals surface area (Å²) in [7, 11) is 0. The maximum absolute atomic E-state index is 12.0. The molecule has 0 saturated carbocycles. The Morgan fingerprint density at radius 1 is 1.17 bits per heavy atom. The molecule has 2 amide bonds. The van der Waals surface area contributed by atoms with Crippen molar-refractivity contribution in [3.63, 3.8) is 0 Å². The molecule has 2 aromatic heterocycles. The van der Waals surface area contributed by atoms with E-state index in [4.69, 9.17) is 4.42 Å². The standard InChI is InChI=1S/C18H17N3O2/c1-13-4-2-5-15(10-13)21-18(22)20-12-14-7-8-19-16(11-14)17-6-3-9-23-17/h2-11H,12H2,1H3,(H2,20,21,22). The number of rotatable bonds is 4. The first-order valence-electron chi connectivity index (χ1n) is 7.31. The van der Waals surface area contributed by atoms with Gasteiger partial charge in [-0.2, -0.15) is 0 Å². The van der Waals surface area contributed by atoms with E-state index in [-0.39, 0.29) is 6.03 Å². The van der Waals surface area contributed by atoms with Crippen LogP contribution in [-0.4, -0.2) is 11.0 Å². The van der Waals surface area contributed by atoms with Crippen LogP contribution in [0, 0.1) is 6.92 Å². The summed E-state index contributed by atoms with van der Waals surface area (Å²) in [5.41, 5.74) is 3.56. The first kappa shape index (κ1) is 14.8. The predicted molar refractivity (Wildman–Crippen MR) is 89.0 cm³/mol. The van der Waals surface area contributed by atoms with Crippen molar-refractivity contribution < 1.29 is 9.21 Å². The minimum absolute atomic E-state index is 0.244. The second-order valence-corrected chi connectivity index (χ2v) is 5.20. The first-order valence-corrected chi connectivity index (χ1v) is 7.31. The van der Waals surface area contributed by atoms with Gasteiger partial charge in [0.2, 0.25) is 0 Å². The van der Waals surface area contributed by atoms with Crippen molar-refractivity contribution in [3.05, 3.63) is 72.1 Å². The highest BCUT2D eigenvalue weighted by atomic mass is 16.3. The molecule has 3 aromatic rings. The largest absolute Gasteiger partial charge is 0.463 e. The summed E-state index contributed by atoms with van der Waals surface area (Å²) in [5, 5.41) is 5.64. The summed E-state index contributed by atoms with van der Waals surface area (Å²) < 4.78 is 5.33. The molecule has 0 aliphatic heterocycles. The van der Waals surface area contributed by atoms with Crippen LogP contribution in [0.3, 0.4) is 0 Å². The molecular weight excluding hydrogens is 290 g/mol. The molecule has 0 bridgehead atoms. The van der Waals surface area contributed by atoms with Crippen LogP contribution in [-0.2, 0) is 6.54 Å². The average molecular weight is 307 g/mol. The van der Waals surface area contributed by atoms with Crippen LogP contribution < -0.4 is 10.6 Å².